The average Bonchev–Trinajstić information content (AvgIpc) is 3.28. The van der Waals surface area contributed by atoms with E-state index in [0.717, 1.165) is 0 Å². The molecule has 11 heteroatoms. The van der Waals surface area contributed by atoms with Crippen molar-refractivity contribution >= 4 is 34.8 Å². The molecule has 0 radical (unpaired) electrons. The molecule has 3 aromatic rings. The van der Waals surface area contributed by atoms with Gasteiger partial charge in [0.2, 0.25) is 5.91 Å². The lowest BCUT2D eigenvalue weighted by Crippen LogP contribution is -2.47. The largest absolute Gasteiger partial charge is 0.369 e. The number of hydrogen-bond acceptors (Lipinski definition) is 8. The fourth-order valence-corrected chi connectivity index (χ4v) is 3.78. The van der Waals surface area contributed by atoms with Gasteiger partial charge in [-0.1, -0.05) is 0 Å². The minimum Gasteiger partial charge on any atom is -0.369 e. The third-order valence-electron chi connectivity index (χ3n) is 4.91. The second kappa shape index (κ2) is 7.84. The summed E-state index contributed by atoms with van der Waals surface area (Å²) < 4.78 is 14.6. The first-order chi connectivity index (χ1) is 14.8. The van der Waals surface area contributed by atoms with Crippen LogP contribution in [0.2, 0.25) is 0 Å². The molecule has 0 bridgehead atoms. The van der Waals surface area contributed by atoms with Crippen molar-refractivity contribution in [2.24, 2.45) is 10.7 Å². The predicted octanol–water partition coefficient (Wildman–Crippen LogP) is 2.38. The van der Waals surface area contributed by atoms with Gasteiger partial charge in [-0.25, -0.2) is 24.3 Å². The Kier molecular flexibility index (Phi) is 5.19. The van der Waals surface area contributed by atoms with Gasteiger partial charge in [-0.2, -0.15) is 0 Å². The zero-order valence-electron chi connectivity index (χ0n) is 16.7. The molecular weight excluding hydrogens is 421 g/mol. The molecule has 1 aromatic carbocycles. The van der Waals surface area contributed by atoms with Crippen molar-refractivity contribution in [2.45, 2.75) is 18.9 Å². The molecule has 0 spiro atoms. The van der Waals surface area contributed by atoms with Crippen LogP contribution in [-0.4, -0.2) is 44.7 Å². The lowest BCUT2D eigenvalue weighted by atomic mass is 9.87. The highest BCUT2D eigenvalue weighted by Gasteiger charge is 2.38. The molecule has 0 fully saturated rings. The van der Waals surface area contributed by atoms with E-state index in [4.69, 9.17) is 5.73 Å². The maximum Gasteiger partial charge on any atom is 0.275 e. The lowest BCUT2D eigenvalue weighted by molar-refractivity contribution is -0.128. The number of hydrogen-bond donors (Lipinski definition) is 2. The Hall–Kier alpha value is -3.73. The van der Waals surface area contributed by atoms with Crippen LogP contribution in [0.25, 0.3) is 10.7 Å². The molecule has 3 N–H and O–H groups in total. The third-order valence-corrected chi connectivity index (χ3v) is 5.71. The van der Waals surface area contributed by atoms with Crippen LogP contribution in [0.15, 0.2) is 47.2 Å². The van der Waals surface area contributed by atoms with Crippen LogP contribution in [0, 0.1) is 5.82 Å². The molecule has 3 heterocycles. The zero-order valence-corrected chi connectivity index (χ0v) is 17.5. The van der Waals surface area contributed by atoms with Crippen LogP contribution in [0.3, 0.4) is 0 Å². The summed E-state index contributed by atoms with van der Waals surface area (Å²) in [6, 6.07) is 4.07. The number of thiazole rings is 1. The minimum atomic E-state index is -1.19. The Morgan fingerprint density at radius 2 is 2.10 bits per heavy atom. The number of nitrogens with two attached hydrogens (primary N) is 1. The summed E-state index contributed by atoms with van der Waals surface area (Å²) in [5.74, 6) is -1.34. The van der Waals surface area contributed by atoms with E-state index in [2.05, 4.69) is 25.3 Å². The Labute approximate surface area is 180 Å². The highest BCUT2D eigenvalue weighted by atomic mass is 32.1. The summed E-state index contributed by atoms with van der Waals surface area (Å²) in [6.07, 6.45) is 4.41. The van der Waals surface area contributed by atoms with Gasteiger partial charge in [0, 0.05) is 29.9 Å². The van der Waals surface area contributed by atoms with Crippen molar-refractivity contribution in [3.8, 4) is 10.7 Å². The second-order valence-corrected chi connectivity index (χ2v) is 8.04. The van der Waals surface area contributed by atoms with E-state index in [9.17, 15) is 14.0 Å². The first-order valence-electron chi connectivity index (χ1n) is 9.22. The Morgan fingerprint density at radius 1 is 1.29 bits per heavy atom. The van der Waals surface area contributed by atoms with Gasteiger partial charge in [0.15, 0.2) is 5.96 Å². The van der Waals surface area contributed by atoms with Gasteiger partial charge in [-0.05, 0) is 25.1 Å². The number of guanidine groups is 1. The molecule has 158 valence electrons. The molecule has 0 saturated carbocycles. The van der Waals surface area contributed by atoms with E-state index in [0.29, 0.717) is 16.4 Å². The Bertz CT molecular complexity index is 1180. The van der Waals surface area contributed by atoms with E-state index in [1.165, 1.54) is 53.9 Å². The van der Waals surface area contributed by atoms with Crippen LogP contribution in [0.1, 0.15) is 29.4 Å². The standard InChI is InChI=1S/C20H18FN7O2S/c1-20(8-16(29)28(2)19(22)27-20)12-7-11(3-4-13(12)21)26-17(30)14-9-25-15(10-24-14)18-23-5-6-31-18/h3-7,9-10H,8H2,1-2H3,(H2,22,27)(H,26,30). The highest BCUT2D eigenvalue weighted by molar-refractivity contribution is 7.13. The van der Waals surface area contributed by atoms with Crippen molar-refractivity contribution in [1.29, 1.82) is 0 Å². The van der Waals surface area contributed by atoms with Crippen molar-refractivity contribution < 1.29 is 14.0 Å². The molecule has 0 aliphatic carbocycles. The number of benzene rings is 1. The molecule has 2 amide bonds. The number of carbonyl (C=O) groups is 2. The van der Waals surface area contributed by atoms with E-state index in [1.807, 2.05) is 5.38 Å². The molecule has 1 aliphatic heterocycles. The molecule has 4 rings (SSSR count). The summed E-state index contributed by atoms with van der Waals surface area (Å²) in [5.41, 5.74) is 5.76. The molecule has 0 saturated heterocycles. The molecule has 9 nitrogen and oxygen atoms in total. The lowest BCUT2D eigenvalue weighted by Gasteiger charge is -2.34. The first-order valence-corrected chi connectivity index (χ1v) is 10.1. The van der Waals surface area contributed by atoms with Gasteiger partial charge in [0.1, 0.15) is 22.2 Å². The van der Waals surface area contributed by atoms with Gasteiger partial charge in [0.05, 0.1) is 24.4 Å². The van der Waals surface area contributed by atoms with Gasteiger partial charge < -0.3 is 11.1 Å². The number of amides is 2. The molecular formula is C20H18FN7O2S. The van der Waals surface area contributed by atoms with E-state index >= 15 is 0 Å². The summed E-state index contributed by atoms with van der Waals surface area (Å²) in [7, 11) is 1.51. The SMILES string of the molecule is CN1C(=O)CC(C)(c2cc(NC(=O)c3cnc(-c4nccs4)cn3)ccc2F)N=C1N. The highest BCUT2D eigenvalue weighted by Crippen LogP contribution is 2.35. The van der Waals surface area contributed by atoms with Gasteiger partial charge in [-0.3, -0.25) is 14.5 Å². The number of nitrogens with one attached hydrogen (secondary N) is 1. The van der Waals surface area contributed by atoms with E-state index in [-0.39, 0.29) is 29.5 Å². The fourth-order valence-electron chi connectivity index (χ4n) is 3.18. The molecule has 31 heavy (non-hydrogen) atoms. The summed E-state index contributed by atoms with van der Waals surface area (Å²) in [6.45, 7) is 1.62. The van der Waals surface area contributed by atoms with Crippen LogP contribution in [-0.2, 0) is 10.3 Å². The number of carbonyl (C=O) groups excluding carboxylic acids is 2. The van der Waals surface area contributed by atoms with Crippen molar-refractivity contribution in [1.82, 2.24) is 19.9 Å². The van der Waals surface area contributed by atoms with Crippen molar-refractivity contribution in [2.75, 3.05) is 12.4 Å². The van der Waals surface area contributed by atoms with E-state index in [1.54, 1.807) is 13.1 Å². The van der Waals surface area contributed by atoms with Crippen LogP contribution in [0.4, 0.5) is 10.1 Å². The predicted molar refractivity (Wildman–Crippen MR) is 114 cm³/mol. The van der Waals surface area contributed by atoms with Gasteiger partial charge >= 0.3 is 0 Å². The molecule has 1 unspecified atom stereocenters. The summed E-state index contributed by atoms with van der Waals surface area (Å²) in [4.78, 5) is 42.8. The van der Waals surface area contributed by atoms with E-state index < -0.39 is 17.3 Å². The summed E-state index contributed by atoms with van der Waals surface area (Å²) >= 11 is 1.41. The number of halogens is 1. The molecule has 1 aliphatic rings. The smallest absolute Gasteiger partial charge is 0.275 e. The molecule has 1 atom stereocenters. The Balaban J connectivity index is 1.57. The quantitative estimate of drug-likeness (QED) is 0.643. The number of anilines is 1. The normalized spacial score (nSPS) is 18.6. The zero-order chi connectivity index (χ0) is 22.2. The monoisotopic (exact) mass is 439 g/mol. The van der Waals surface area contributed by atoms with Crippen LogP contribution in [0.5, 0.6) is 0 Å². The number of nitrogens with zero attached hydrogens (tertiary/aromatic N) is 5. The first kappa shape index (κ1) is 20.5. The minimum absolute atomic E-state index is 0.00295. The maximum absolute atomic E-state index is 14.6. The number of aromatic nitrogens is 3. The van der Waals surface area contributed by atoms with Crippen molar-refractivity contribution in [3.05, 3.63) is 59.2 Å². The number of aliphatic imine (C=N–C) groups is 1. The van der Waals surface area contributed by atoms with Gasteiger partial charge in [-0.15, -0.1) is 11.3 Å². The number of rotatable bonds is 4. The fraction of sp³-hybridized carbons (Fsp3) is 0.200. The van der Waals surface area contributed by atoms with Crippen LogP contribution < -0.4 is 11.1 Å². The second-order valence-electron chi connectivity index (χ2n) is 7.15. The third kappa shape index (κ3) is 3.99. The summed E-state index contributed by atoms with van der Waals surface area (Å²) in [5, 5.41) is 5.19. The Morgan fingerprint density at radius 3 is 2.74 bits per heavy atom. The molecule has 2 aromatic heterocycles. The van der Waals surface area contributed by atoms with Gasteiger partial charge in [0.25, 0.3) is 5.91 Å². The maximum atomic E-state index is 14.6. The topological polar surface area (TPSA) is 126 Å². The average molecular weight is 439 g/mol. The van der Waals surface area contributed by atoms with Crippen LogP contribution >= 0.6 is 11.3 Å². The van der Waals surface area contributed by atoms with Crippen molar-refractivity contribution in [3.63, 3.8) is 0 Å².